The Kier molecular flexibility index (Phi) is 3.69. The Hall–Kier alpha value is -0.280. The summed E-state index contributed by atoms with van der Waals surface area (Å²) in [6.45, 7) is 5.42. The molecule has 1 amide bonds. The SMILES string of the molecule is CC1CCCN1C(=O)C1CC12CCNCC2.Cl. The van der Waals surface area contributed by atoms with Gasteiger partial charge >= 0.3 is 0 Å². The van der Waals surface area contributed by atoms with Gasteiger partial charge in [-0.05, 0) is 57.5 Å². The molecule has 2 heterocycles. The number of hydrogen-bond donors (Lipinski definition) is 1. The zero-order valence-electron chi connectivity index (χ0n) is 10.6. The molecule has 0 bridgehead atoms. The predicted molar refractivity (Wildman–Crippen MR) is 70.3 cm³/mol. The normalized spacial score (nSPS) is 34.5. The van der Waals surface area contributed by atoms with Gasteiger partial charge in [0.15, 0.2) is 0 Å². The second-order valence-corrected chi connectivity index (χ2v) is 5.89. The summed E-state index contributed by atoms with van der Waals surface area (Å²) in [5.74, 6) is 0.835. The molecule has 3 nitrogen and oxygen atoms in total. The third kappa shape index (κ3) is 2.19. The second-order valence-electron chi connectivity index (χ2n) is 5.89. The van der Waals surface area contributed by atoms with Crippen LogP contribution < -0.4 is 5.32 Å². The third-order valence-electron chi connectivity index (χ3n) is 4.92. The van der Waals surface area contributed by atoms with Crippen molar-refractivity contribution in [2.75, 3.05) is 19.6 Å². The van der Waals surface area contributed by atoms with E-state index in [0.29, 0.717) is 23.3 Å². The van der Waals surface area contributed by atoms with E-state index in [-0.39, 0.29) is 12.4 Å². The molecular weight excluding hydrogens is 236 g/mol. The Morgan fingerprint density at radius 1 is 1.35 bits per heavy atom. The third-order valence-corrected chi connectivity index (χ3v) is 4.92. The average molecular weight is 259 g/mol. The molecule has 4 heteroatoms. The van der Waals surface area contributed by atoms with Crippen LogP contribution in [-0.4, -0.2) is 36.5 Å². The van der Waals surface area contributed by atoms with Crippen molar-refractivity contribution in [1.82, 2.24) is 10.2 Å². The molecule has 1 aliphatic carbocycles. The maximum absolute atomic E-state index is 12.4. The van der Waals surface area contributed by atoms with Gasteiger partial charge in [-0.15, -0.1) is 12.4 Å². The lowest BCUT2D eigenvalue weighted by molar-refractivity contribution is -0.134. The summed E-state index contributed by atoms with van der Waals surface area (Å²) in [6.07, 6.45) is 6.00. The number of carbonyl (C=O) groups excluding carboxylic acids is 1. The number of nitrogens with one attached hydrogen (secondary N) is 1. The summed E-state index contributed by atoms with van der Waals surface area (Å²) in [5.41, 5.74) is 0.407. The van der Waals surface area contributed by atoms with Crippen molar-refractivity contribution >= 4 is 18.3 Å². The second kappa shape index (κ2) is 4.77. The summed E-state index contributed by atoms with van der Waals surface area (Å²) in [4.78, 5) is 14.5. The summed E-state index contributed by atoms with van der Waals surface area (Å²) in [7, 11) is 0. The van der Waals surface area contributed by atoms with E-state index in [1.54, 1.807) is 0 Å². The fourth-order valence-electron chi connectivity index (χ4n) is 3.63. The number of piperidine rings is 1. The fraction of sp³-hybridized carbons (Fsp3) is 0.923. The molecule has 1 N–H and O–H groups in total. The van der Waals surface area contributed by atoms with Crippen molar-refractivity contribution in [1.29, 1.82) is 0 Å². The molecule has 0 radical (unpaired) electrons. The Labute approximate surface area is 110 Å². The van der Waals surface area contributed by atoms with Crippen molar-refractivity contribution in [2.24, 2.45) is 11.3 Å². The zero-order chi connectivity index (χ0) is 11.2. The molecule has 1 saturated carbocycles. The number of rotatable bonds is 1. The van der Waals surface area contributed by atoms with Gasteiger partial charge in [-0.3, -0.25) is 4.79 Å². The highest BCUT2D eigenvalue weighted by Crippen LogP contribution is 2.59. The summed E-state index contributed by atoms with van der Waals surface area (Å²) in [6, 6.07) is 0.492. The molecule has 0 aromatic carbocycles. The van der Waals surface area contributed by atoms with Crippen LogP contribution in [0.3, 0.4) is 0 Å². The van der Waals surface area contributed by atoms with E-state index >= 15 is 0 Å². The number of carbonyl (C=O) groups is 1. The summed E-state index contributed by atoms with van der Waals surface area (Å²) >= 11 is 0. The predicted octanol–water partition coefficient (Wildman–Crippen LogP) is 1.81. The van der Waals surface area contributed by atoms with Crippen LogP contribution >= 0.6 is 12.4 Å². The van der Waals surface area contributed by atoms with Crippen LogP contribution in [0, 0.1) is 11.3 Å². The summed E-state index contributed by atoms with van der Waals surface area (Å²) in [5, 5.41) is 3.39. The van der Waals surface area contributed by atoms with Crippen LogP contribution in [0.2, 0.25) is 0 Å². The smallest absolute Gasteiger partial charge is 0.226 e. The van der Waals surface area contributed by atoms with E-state index in [4.69, 9.17) is 0 Å². The van der Waals surface area contributed by atoms with Gasteiger partial charge in [-0.25, -0.2) is 0 Å². The van der Waals surface area contributed by atoms with E-state index in [2.05, 4.69) is 17.1 Å². The number of halogens is 1. The Morgan fingerprint density at radius 3 is 2.65 bits per heavy atom. The molecule has 1 spiro atoms. The first kappa shape index (κ1) is 13.2. The maximum Gasteiger partial charge on any atom is 0.226 e. The number of hydrogen-bond acceptors (Lipinski definition) is 2. The van der Waals surface area contributed by atoms with Gasteiger partial charge in [0.25, 0.3) is 0 Å². The average Bonchev–Trinajstić information content (AvgIpc) is 2.80. The molecule has 3 aliphatic rings. The molecule has 98 valence electrons. The first-order valence-corrected chi connectivity index (χ1v) is 6.74. The zero-order valence-corrected chi connectivity index (χ0v) is 11.4. The highest BCUT2D eigenvalue weighted by molar-refractivity contribution is 5.85. The van der Waals surface area contributed by atoms with Crippen molar-refractivity contribution in [3.05, 3.63) is 0 Å². The number of amides is 1. The molecule has 0 aromatic heterocycles. The van der Waals surface area contributed by atoms with Gasteiger partial charge in [0, 0.05) is 18.5 Å². The molecule has 0 aromatic rings. The Morgan fingerprint density at radius 2 is 2.06 bits per heavy atom. The van der Waals surface area contributed by atoms with E-state index in [1.807, 2.05) is 0 Å². The van der Waals surface area contributed by atoms with Gasteiger partial charge < -0.3 is 10.2 Å². The van der Waals surface area contributed by atoms with Crippen molar-refractivity contribution in [3.8, 4) is 0 Å². The lowest BCUT2D eigenvalue weighted by Crippen LogP contribution is -2.38. The van der Waals surface area contributed by atoms with E-state index in [9.17, 15) is 4.79 Å². The van der Waals surface area contributed by atoms with Crippen molar-refractivity contribution < 1.29 is 4.79 Å². The Balaban J connectivity index is 0.00000108. The van der Waals surface area contributed by atoms with Gasteiger partial charge in [0.1, 0.15) is 0 Å². The number of nitrogens with zero attached hydrogens (tertiary/aromatic N) is 1. The molecule has 2 unspecified atom stereocenters. The van der Waals surface area contributed by atoms with Crippen molar-refractivity contribution in [2.45, 2.75) is 45.1 Å². The molecule has 3 fully saturated rings. The minimum absolute atomic E-state index is 0. The van der Waals surface area contributed by atoms with Gasteiger partial charge in [0.05, 0.1) is 0 Å². The summed E-state index contributed by atoms with van der Waals surface area (Å²) < 4.78 is 0. The molecule has 3 rings (SSSR count). The molecular formula is C13H23ClN2O. The lowest BCUT2D eigenvalue weighted by atomic mass is 9.91. The molecule has 2 saturated heterocycles. The quantitative estimate of drug-likeness (QED) is 0.778. The van der Waals surface area contributed by atoms with E-state index in [0.717, 1.165) is 26.1 Å². The van der Waals surface area contributed by atoms with Crippen LogP contribution in [0.4, 0.5) is 0 Å². The largest absolute Gasteiger partial charge is 0.340 e. The minimum atomic E-state index is 0. The van der Waals surface area contributed by atoms with Gasteiger partial charge in [-0.1, -0.05) is 0 Å². The minimum Gasteiger partial charge on any atom is -0.340 e. The highest BCUT2D eigenvalue weighted by Gasteiger charge is 2.58. The molecule has 2 aliphatic heterocycles. The molecule has 2 atom stereocenters. The number of likely N-dealkylation sites (tertiary alicyclic amines) is 1. The Bertz CT molecular complexity index is 302. The van der Waals surface area contributed by atoms with Crippen LogP contribution in [0.15, 0.2) is 0 Å². The van der Waals surface area contributed by atoms with Gasteiger partial charge in [-0.2, -0.15) is 0 Å². The van der Waals surface area contributed by atoms with E-state index < -0.39 is 0 Å². The van der Waals surface area contributed by atoms with Gasteiger partial charge in [0.2, 0.25) is 5.91 Å². The first-order valence-electron chi connectivity index (χ1n) is 6.74. The fourth-order valence-corrected chi connectivity index (χ4v) is 3.63. The van der Waals surface area contributed by atoms with Crippen LogP contribution in [0.1, 0.15) is 39.0 Å². The topological polar surface area (TPSA) is 32.3 Å². The maximum atomic E-state index is 12.4. The van der Waals surface area contributed by atoms with Crippen LogP contribution in [0.5, 0.6) is 0 Å². The molecule has 17 heavy (non-hydrogen) atoms. The lowest BCUT2D eigenvalue weighted by Gasteiger charge is -2.26. The monoisotopic (exact) mass is 258 g/mol. The van der Waals surface area contributed by atoms with E-state index in [1.165, 1.54) is 25.7 Å². The van der Waals surface area contributed by atoms with Crippen LogP contribution in [-0.2, 0) is 4.79 Å². The standard InChI is InChI=1S/C13H22N2O.ClH/c1-10-3-2-8-15(10)12(16)11-9-13(11)4-6-14-7-5-13;/h10-11,14H,2-9H2,1H3;1H. The highest BCUT2D eigenvalue weighted by atomic mass is 35.5. The first-order chi connectivity index (χ1) is 7.73. The van der Waals surface area contributed by atoms with Crippen LogP contribution in [0.25, 0.3) is 0 Å². The van der Waals surface area contributed by atoms with Crippen molar-refractivity contribution in [3.63, 3.8) is 0 Å².